The molecule has 0 aromatic heterocycles. The van der Waals surface area contributed by atoms with E-state index in [0.29, 0.717) is 37.3 Å². The first-order chi connectivity index (χ1) is 24.1. The maximum Gasteiger partial charge on any atom is 0.294 e. The number of allylic oxidation sites excluding steroid dienone is 3. The Balaban J connectivity index is 1.46. The highest BCUT2D eigenvalue weighted by atomic mass is 32.2. The zero-order chi connectivity index (χ0) is 37.0. The highest BCUT2D eigenvalue weighted by Crippen LogP contribution is 2.32. The number of hydrogen-bond acceptors (Lipinski definition) is 8. The molecule has 1 atom stereocenters. The number of likely N-dealkylation sites (N-methyl/N-ethyl adjacent to an activating group) is 1. The molecular formula is C37H38N2O9S3. The largest absolute Gasteiger partial charge is 0.744 e. The topological polar surface area (TPSA) is 174 Å². The second-order valence-electron chi connectivity index (χ2n) is 12.0. The van der Waals surface area contributed by atoms with E-state index in [9.17, 15) is 38.9 Å². The van der Waals surface area contributed by atoms with Gasteiger partial charge in [0.1, 0.15) is 22.7 Å². The molecule has 0 fully saturated rings. The fourth-order valence-electron chi connectivity index (χ4n) is 6.07. The Kier molecular flexibility index (Phi) is 11.5. The molecule has 0 saturated heterocycles. The third kappa shape index (κ3) is 9.48. The zero-order valence-electron chi connectivity index (χ0n) is 27.9. The van der Waals surface area contributed by atoms with Gasteiger partial charge in [0.25, 0.3) is 20.2 Å². The van der Waals surface area contributed by atoms with E-state index in [4.69, 9.17) is 0 Å². The van der Waals surface area contributed by atoms with Gasteiger partial charge in [-0.2, -0.15) is 16.8 Å². The number of anilines is 1. The summed E-state index contributed by atoms with van der Waals surface area (Å²) < 4.78 is 101. The van der Waals surface area contributed by atoms with Crippen molar-refractivity contribution < 1.29 is 43.8 Å². The Morgan fingerprint density at radius 2 is 1.24 bits per heavy atom. The number of hydrogen-bond donors (Lipinski definition) is 3. The molecule has 268 valence electrons. The van der Waals surface area contributed by atoms with Crippen molar-refractivity contribution >= 4 is 41.6 Å². The van der Waals surface area contributed by atoms with E-state index in [-0.39, 0.29) is 20.7 Å². The molecule has 1 unspecified atom stereocenters. The van der Waals surface area contributed by atoms with Crippen LogP contribution in [0.15, 0.2) is 142 Å². The summed E-state index contributed by atoms with van der Waals surface area (Å²) in [6, 6.07) is 25.9. The quantitative estimate of drug-likeness (QED) is 0.165. The highest BCUT2D eigenvalue weighted by Gasteiger charge is 2.21. The van der Waals surface area contributed by atoms with E-state index < -0.39 is 30.4 Å². The lowest BCUT2D eigenvalue weighted by atomic mass is 9.90. The molecule has 4 aromatic rings. The summed E-state index contributed by atoms with van der Waals surface area (Å²) in [6.45, 7) is 6.20. The van der Waals surface area contributed by atoms with Gasteiger partial charge in [-0.1, -0.05) is 60.7 Å². The Morgan fingerprint density at radius 1 is 0.706 bits per heavy atom. The first kappa shape index (κ1) is 37.8. The van der Waals surface area contributed by atoms with Gasteiger partial charge >= 0.3 is 0 Å². The first-order valence-corrected chi connectivity index (χ1v) is 20.4. The van der Waals surface area contributed by atoms with Crippen LogP contribution in [0.2, 0.25) is 0 Å². The lowest BCUT2D eigenvalue weighted by Crippen LogP contribution is -3.13. The summed E-state index contributed by atoms with van der Waals surface area (Å²) in [5.41, 5.74) is 5.50. The fraction of sp³-hybridized carbons (Fsp3) is 0.189. The molecule has 11 nitrogen and oxygen atoms in total. The van der Waals surface area contributed by atoms with E-state index in [0.717, 1.165) is 32.9 Å². The van der Waals surface area contributed by atoms with Crippen LogP contribution in [0.25, 0.3) is 5.57 Å². The molecule has 0 saturated carbocycles. The maximum absolute atomic E-state index is 11.8. The van der Waals surface area contributed by atoms with Crippen molar-refractivity contribution in [2.45, 2.75) is 47.7 Å². The SMILES string of the molecule is CCN(Cc1cccc(S(=O)(=O)O)c1)c1ccc(C(=C2C=CC([NH+](CC)Cc3cccc(S(=O)(=O)[O-])c3)C=C2)c2ccc(S(=O)(=O)O)cc2)cc1. The molecule has 0 spiro atoms. The van der Waals surface area contributed by atoms with Crippen LogP contribution in [-0.4, -0.2) is 58.0 Å². The molecule has 4 aromatic carbocycles. The van der Waals surface area contributed by atoms with Crippen LogP contribution in [0.5, 0.6) is 0 Å². The van der Waals surface area contributed by atoms with Gasteiger partial charge in [0.15, 0.2) is 0 Å². The van der Waals surface area contributed by atoms with E-state index in [1.807, 2.05) is 62.4 Å². The average Bonchev–Trinajstić information content (AvgIpc) is 3.10. The molecule has 14 heteroatoms. The molecule has 1 aliphatic carbocycles. The molecule has 0 amide bonds. The fourth-order valence-corrected chi connectivity index (χ4v) is 7.64. The van der Waals surface area contributed by atoms with Crippen LogP contribution >= 0.6 is 0 Å². The molecule has 5 rings (SSSR count). The minimum atomic E-state index is -4.57. The smallest absolute Gasteiger partial charge is 0.294 e. The van der Waals surface area contributed by atoms with Gasteiger partial charge in [-0.05, 0) is 102 Å². The van der Waals surface area contributed by atoms with E-state index in [1.165, 1.54) is 36.4 Å². The van der Waals surface area contributed by atoms with Gasteiger partial charge in [-0.3, -0.25) is 9.11 Å². The summed E-state index contributed by atoms with van der Waals surface area (Å²) in [6.07, 6.45) is 8.06. The van der Waals surface area contributed by atoms with Crippen molar-refractivity contribution in [2.24, 2.45) is 0 Å². The number of benzene rings is 4. The lowest BCUT2D eigenvalue weighted by Gasteiger charge is -2.26. The predicted octanol–water partition coefficient (Wildman–Crippen LogP) is 4.51. The van der Waals surface area contributed by atoms with Crippen molar-refractivity contribution in [3.8, 4) is 0 Å². The third-order valence-corrected chi connectivity index (χ3v) is 11.3. The number of quaternary nitrogens is 1. The molecule has 0 bridgehead atoms. The summed E-state index contributed by atoms with van der Waals surface area (Å²) >= 11 is 0. The molecule has 3 N–H and O–H groups in total. The summed E-state index contributed by atoms with van der Waals surface area (Å²) in [4.78, 5) is 2.50. The minimum absolute atomic E-state index is 0.0609. The number of rotatable bonds is 13. The van der Waals surface area contributed by atoms with Crippen LogP contribution in [0.4, 0.5) is 5.69 Å². The highest BCUT2D eigenvalue weighted by molar-refractivity contribution is 7.86. The molecule has 0 radical (unpaired) electrons. The van der Waals surface area contributed by atoms with Crippen LogP contribution < -0.4 is 9.80 Å². The molecule has 51 heavy (non-hydrogen) atoms. The van der Waals surface area contributed by atoms with Crippen molar-refractivity contribution in [3.63, 3.8) is 0 Å². The number of nitrogens with one attached hydrogen (secondary N) is 1. The van der Waals surface area contributed by atoms with Crippen molar-refractivity contribution in [3.05, 3.63) is 149 Å². The standard InChI is InChI=1S/C37H38N2O9S3/c1-3-38(25-27-7-5-9-35(23-27)50(43,44)45)32-17-11-29(12-18-32)37(31-15-21-34(22-16-31)49(40,41)42)30-13-19-33(20-14-30)39(4-2)26-28-8-6-10-36(24-28)51(46,47)48/h5-24,32H,3-4,25-26H2,1-2H3,(H,40,41,42)(H,43,44,45)(H,46,47,48). The zero-order valence-corrected chi connectivity index (χ0v) is 30.3. The van der Waals surface area contributed by atoms with Crippen molar-refractivity contribution in [2.75, 3.05) is 18.0 Å². The van der Waals surface area contributed by atoms with Crippen LogP contribution in [-0.2, 0) is 43.4 Å². The van der Waals surface area contributed by atoms with E-state index in [2.05, 4.69) is 4.90 Å². The van der Waals surface area contributed by atoms with Gasteiger partial charge in [0.05, 0.1) is 21.2 Å². The molecule has 1 aliphatic rings. The Hall–Kier alpha value is -4.41. The van der Waals surface area contributed by atoms with Gasteiger partial charge in [0.2, 0.25) is 0 Å². The normalized spacial score (nSPS) is 15.5. The third-order valence-electron chi connectivity index (χ3n) is 8.71. The molecular weight excluding hydrogens is 713 g/mol. The van der Waals surface area contributed by atoms with Gasteiger partial charge < -0.3 is 14.4 Å². The van der Waals surface area contributed by atoms with E-state index in [1.54, 1.807) is 36.4 Å². The monoisotopic (exact) mass is 750 g/mol. The van der Waals surface area contributed by atoms with E-state index >= 15 is 0 Å². The van der Waals surface area contributed by atoms with Crippen LogP contribution in [0, 0.1) is 0 Å². The van der Waals surface area contributed by atoms with Gasteiger partial charge in [0, 0.05) is 24.3 Å². The summed E-state index contributed by atoms with van der Waals surface area (Å²) in [5.74, 6) is 0. The summed E-state index contributed by atoms with van der Waals surface area (Å²) in [5, 5.41) is 0. The van der Waals surface area contributed by atoms with Gasteiger partial charge in [-0.15, -0.1) is 0 Å². The Labute approximate surface area is 299 Å². The second-order valence-corrected chi connectivity index (χ2v) is 16.3. The number of nitrogens with zero attached hydrogens (tertiary/aromatic N) is 1. The Morgan fingerprint density at radius 3 is 1.76 bits per heavy atom. The predicted molar refractivity (Wildman–Crippen MR) is 193 cm³/mol. The second kappa shape index (κ2) is 15.5. The minimum Gasteiger partial charge on any atom is -0.744 e. The van der Waals surface area contributed by atoms with Gasteiger partial charge in [-0.25, -0.2) is 8.42 Å². The average molecular weight is 751 g/mol. The maximum atomic E-state index is 11.8. The molecule has 0 aliphatic heterocycles. The Bertz CT molecular complexity index is 2300. The summed E-state index contributed by atoms with van der Waals surface area (Å²) in [7, 11) is -13.3. The van der Waals surface area contributed by atoms with Crippen LogP contribution in [0.3, 0.4) is 0 Å². The van der Waals surface area contributed by atoms with Crippen molar-refractivity contribution in [1.82, 2.24) is 0 Å². The molecule has 0 heterocycles. The first-order valence-electron chi connectivity index (χ1n) is 16.1. The van der Waals surface area contributed by atoms with Crippen LogP contribution in [0.1, 0.15) is 36.1 Å². The van der Waals surface area contributed by atoms with Crippen molar-refractivity contribution in [1.29, 1.82) is 0 Å². The lowest BCUT2D eigenvalue weighted by molar-refractivity contribution is -0.924.